The van der Waals surface area contributed by atoms with Crippen molar-refractivity contribution in [3.8, 4) is 5.69 Å². The Balaban J connectivity index is 1.81. The molecular weight excluding hydrogens is 432 g/mol. The number of hydrogen-bond donors (Lipinski definition) is 1. The Labute approximate surface area is 194 Å². The number of esters is 1. The molecule has 0 saturated heterocycles. The van der Waals surface area contributed by atoms with E-state index in [0.717, 1.165) is 22.2 Å². The summed E-state index contributed by atoms with van der Waals surface area (Å²) >= 11 is 0. The van der Waals surface area contributed by atoms with E-state index in [1.54, 1.807) is 9.25 Å². The first kappa shape index (κ1) is 21.3. The molecule has 2 aromatic carbocycles. The number of aryl methyl sites for hydroxylation is 2. The van der Waals surface area contributed by atoms with E-state index in [4.69, 9.17) is 10.5 Å². The van der Waals surface area contributed by atoms with Crippen molar-refractivity contribution >= 4 is 33.6 Å². The number of anilines is 1. The van der Waals surface area contributed by atoms with Gasteiger partial charge in [-0.25, -0.2) is 19.4 Å². The van der Waals surface area contributed by atoms with E-state index in [-0.39, 0.29) is 23.6 Å². The molecule has 5 aromatic rings. The minimum absolute atomic E-state index is 0.0250. The summed E-state index contributed by atoms with van der Waals surface area (Å²) in [5, 5.41) is 6.24. The Bertz CT molecular complexity index is 1650. The first-order valence-electron chi connectivity index (χ1n) is 10.7. The third kappa shape index (κ3) is 3.29. The Morgan fingerprint density at radius 3 is 2.56 bits per heavy atom. The molecule has 0 unspecified atom stereocenters. The summed E-state index contributed by atoms with van der Waals surface area (Å²) in [5.74, 6) is -0.516. The van der Waals surface area contributed by atoms with Gasteiger partial charge in [-0.15, -0.1) is 0 Å². The van der Waals surface area contributed by atoms with Gasteiger partial charge in [0.1, 0.15) is 12.1 Å². The summed E-state index contributed by atoms with van der Waals surface area (Å²) in [6, 6.07) is 15.4. The summed E-state index contributed by atoms with van der Waals surface area (Å²) in [5.41, 5.74) is 9.61. The van der Waals surface area contributed by atoms with Crippen LogP contribution < -0.4 is 11.3 Å². The zero-order valence-corrected chi connectivity index (χ0v) is 18.9. The molecule has 9 heteroatoms. The minimum atomic E-state index is -0.643. The third-order valence-electron chi connectivity index (χ3n) is 5.94. The summed E-state index contributed by atoms with van der Waals surface area (Å²) < 4.78 is 8.12. The average Bonchev–Trinajstić information content (AvgIpc) is 3.19. The Morgan fingerprint density at radius 2 is 1.79 bits per heavy atom. The normalized spacial score (nSPS) is 11.3. The molecule has 0 aliphatic rings. The fraction of sp³-hybridized carbons (Fsp3) is 0.160. The highest BCUT2D eigenvalue weighted by Gasteiger charge is 2.23. The molecule has 170 valence electrons. The number of methoxy groups -OCH3 is 1. The Kier molecular flexibility index (Phi) is 5.09. The maximum Gasteiger partial charge on any atom is 0.359 e. The first-order valence-corrected chi connectivity index (χ1v) is 10.7. The molecule has 5 rings (SSSR count). The van der Waals surface area contributed by atoms with E-state index in [9.17, 15) is 9.59 Å². The molecule has 9 nitrogen and oxygen atoms in total. The lowest BCUT2D eigenvalue weighted by Gasteiger charge is -2.17. The van der Waals surface area contributed by atoms with Crippen LogP contribution in [0.25, 0.3) is 27.5 Å². The fourth-order valence-electron chi connectivity index (χ4n) is 4.32. The molecule has 0 bridgehead atoms. The molecule has 0 fully saturated rings. The highest BCUT2D eigenvalue weighted by Crippen LogP contribution is 2.25. The van der Waals surface area contributed by atoms with Crippen molar-refractivity contribution < 1.29 is 9.53 Å². The van der Waals surface area contributed by atoms with Crippen LogP contribution in [0.15, 0.2) is 59.7 Å². The van der Waals surface area contributed by atoms with Crippen molar-refractivity contribution in [1.82, 2.24) is 24.3 Å². The van der Waals surface area contributed by atoms with E-state index in [2.05, 4.69) is 15.1 Å². The van der Waals surface area contributed by atoms with Crippen molar-refractivity contribution in [2.75, 3.05) is 12.8 Å². The number of aromatic nitrogens is 5. The maximum atomic E-state index is 13.8. The van der Waals surface area contributed by atoms with Crippen LogP contribution >= 0.6 is 0 Å². The van der Waals surface area contributed by atoms with Gasteiger partial charge in [0.05, 0.1) is 30.1 Å². The fourth-order valence-corrected chi connectivity index (χ4v) is 4.32. The highest BCUT2D eigenvalue weighted by atomic mass is 16.5. The number of para-hydroxylation sites is 1. The highest BCUT2D eigenvalue weighted by molar-refractivity contribution is 6.05. The molecule has 0 aliphatic carbocycles. The zero-order chi connectivity index (χ0) is 24.0. The van der Waals surface area contributed by atoms with Gasteiger partial charge in [-0.3, -0.25) is 9.36 Å². The molecule has 2 N–H and O–H groups in total. The molecule has 34 heavy (non-hydrogen) atoms. The van der Waals surface area contributed by atoms with E-state index in [1.807, 2.05) is 62.4 Å². The average molecular weight is 454 g/mol. The molecule has 0 atom stereocenters. The standard InChI is InChI=1S/C25H22N6O3/c1-14-7-4-5-10-18(14)31-17(11-16-9-6-8-15(2)19(16)24(31)32)12-30-23-20(22(26)27-13-28-23)21(29-30)25(33)34-3/h4-11,13H,12H2,1-3H3,(H2,26,27,28). The lowest BCUT2D eigenvalue weighted by molar-refractivity contribution is 0.0595. The van der Waals surface area contributed by atoms with Crippen molar-refractivity contribution in [2.24, 2.45) is 0 Å². The van der Waals surface area contributed by atoms with Crippen LogP contribution in [0.3, 0.4) is 0 Å². The van der Waals surface area contributed by atoms with E-state index in [1.165, 1.54) is 13.4 Å². The molecule has 0 radical (unpaired) electrons. The number of hydrogen-bond acceptors (Lipinski definition) is 7. The smallest absolute Gasteiger partial charge is 0.359 e. The minimum Gasteiger partial charge on any atom is -0.464 e. The number of benzene rings is 2. The predicted octanol–water partition coefficient (Wildman–Crippen LogP) is 3.16. The number of nitrogens with zero attached hydrogens (tertiary/aromatic N) is 5. The van der Waals surface area contributed by atoms with Crippen LogP contribution in [0.1, 0.15) is 27.3 Å². The first-order chi connectivity index (χ1) is 16.4. The number of nitrogen functional groups attached to an aromatic ring is 1. The second kappa shape index (κ2) is 8.11. The summed E-state index contributed by atoms with van der Waals surface area (Å²) in [6.45, 7) is 4.05. The second-order valence-corrected chi connectivity index (χ2v) is 8.06. The van der Waals surface area contributed by atoms with Gasteiger partial charge >= 0.3 is 5.97 Å². The van der Waals surface area contributed by atoms with E-state index in [0.29, 0.717) is 22.1 Å². The molecule has 3 heterocycles. The Hall–Kier alpha value is -4.53. The topological polar surface area (TPSA) is 118 Å². The van der Waals surface area contributed by atoms with Crippen LogP contribution in [0.2, 0.25) is 0 Å². The van der Waals surface area contributed by atoms with Gasteiger partial charge in [-0.1, -0.05) is 36.4 Å². The summed E-state index contributed by atoms with van der Waals surface area (Å²) in [7, 11) is 1.27. The molecule has 0 aliphatic heterocycles. The van der Waals surface area contributed by atoms with Gasteiger partial charge in [-0.2, -0.15) is 5.10 Å². The summed E-state index contributed by atoms with van der Waals surface area (Å²) in [6.07, 6.45) is 1.31. The number of carbonyl (C=O) groups excluding carboxylic acids is 1. The van der Waals surface area contributed by atoms with Crippen LogP contribution in [-0.4, -0.2) is 37.4 Å². The second-order valence-electron chi connectivity index (χ2n) is 8.06. The van der Waals surface area contributed by atoms with Crippen molar-refractivity contribution in [3.05, 3.63) is 87.7 Å². The van der Waals surface area contributed by atoms with Crippen LogP contribution in [-0.2, 0) is 11.3 Å². The summed E-state index contributed by atoms with van der Waals surface area (Å²) in [4.78, 5) is 34.5. The zero-order valence-electron chi connectivity index (χ0n) is 18.9. The molecule has 3 aromatic heterocycles. The molecule has 0 spiro atoms. The lowest BCUT2D eigenvalue weighted by Crippen LogP contribution is -2.25. The number of ether oxygens (including phenoxy) is 1. The van der Waals surface area contributed by atoms with Gasteiger partial charge in [-0.05, 0) is 42.5 Å². The number of nitrogens with two attached hydrogens (primary N) is 1. The number of rotatable bonds is 4. The van der Waals surface area contributed by atoms with Crippen LogP contribution in [0.4, 0.5) is 5.82 Å². The van der Waals surface area contributed by atoms with Gasteiger partial charge in [0.15, 0.2) is 11.3 Å². The number of carbonyl (C=O) groups is 1. The van der Waals surface area contributed by atoms with Gasteiger partial charge in [0, 0.05) is 5.69 Å². The monoisotopic (exact) mass is 454 g/mol. The molecule has 0 amide bonds. The Morgan fingerprint density at radius 1 is 1.03 bits per heavy atom. The van der Waals surface area contributed by atoms with Crippen LogP contribution in [0, 0.1) is 13.8 Å². The van der Waals surface area contributed by atoms with Gasteiger partial charge in [0.2, 0.25) is 0 Å². The lowest BCUT2D eigenvalue weighted by atomic mass is 10.1. The maximum absolute atomic E-state index is 13.8. The number of pyridine rings is 1. The van der Waals surface area contributed by atoms with Gasteiger partial charge in [0.25, 0.3) is 5.56 Å². The quantitative estimate of drug-likeness (QED) is 0.414. The largest absolute Gasteiger partial charge is 0.464 e. The predicted molar refractivity (Wildman–Crippen MR) is 129 cm³/mol. The van der Waals surface area contributed by atoms with E-state index >= 15 is 0 Å². The van der Waals surface area contributed by atoms with Crippen molar-refractivity contribution in [3.63, 3.8) is 0 Å². The van der Waals surface area contributed by atoms with Crippen LogP contribution in [0.5, 0.6) is 0 Å². The van der Waals surface area contributed by atoms with Gasteiger partial charge < -0.3 is 10.5 Å². The SMILES string of the molecule is COC(=O)c1nn(Cc2cc3cccc(C)c3c(=O)n2-c2ccccc2C)c2ncnc(N)c12. The third-order valence-corrected chi connectivity index (χ3v) is 5.94. The number of fused-ring (bicyclic) bond motifs is 2. The molecule has 0 saturated carbocycles. The van der Waals surface area contributed by atoms with Crippen molar-refractivity contribution in [2.45, 2.75) is 20.4 Å². The van der Waals surface area contributed by atoms with Crippen molar-refractivity contribution in [1.29, 1.82) is 0 Å². The van der Waals surface area contributed by atoms with E-state index < -0.39 is 5.97 Å². The molecular formula is C25H22N6O3.